The normalized spacial score (nSPS) is 12.2. The Labute approximate surface area is 104 Å². The van der Waals surface area contributed by atoms with Gasteiger partial charge in [-0.25, -0.2) is 4.39 Å². The summed E-state index contributed by atoms with van der Waals surface area (Å²) in [7, 11) is 1.93. The lowest BCUT2D eigenvalue weighted by atomic mass is 10.1. The molecule has 1 rings (SSSR count). The second-order valence-electron chi connectivity index (χ2n) is 4.73. The van der Waals surface area contributed by atoms with E-state index in [0.29, 0.717) is 17.6 Å². The van der Waals surface area contributed by atoms with E-state index in [4.69, 9.17) is 0 Å². The number of rotatable bonds is 4. The van der Waals surface area contributed by atoms with Crippen LogP contribution in [0.5, 0.6) is 0 Å². The molecule has 0 fully saturated rings. The Morgan fingerprint density at radius 1 is 1.44 bits per heavy atom. The smallest absolute Gasteiger partial charge is 0.137 e. The van der Waals surface area contributed by atoms with E-state index >= 15 is 0 Å². The number of hydrogen-bond acceptors (Lipinski definition) is 2. The van der Waals surface area contributed by atoms with Gasteiger partial charge in [0.15, 0.2) is 0 Å². The average Bonchev–Trinajstić information content (AvgIpc) is 2.08. The summed E-state index contributed by atoms with van der Waals surface area (Å²) in [6.45, 7) is 4.79. The van der Waals surface area contributed by atoms with Crippen molar-refractivity contribution in [3.63, 3.8) is 0 Å². The molecular formula is C12H17BrFNO. The van der Waals surface area contributed by atoms with Gasteiger partial charge in [-0.2, -0.15) is 0 Å². The minimum absolute atomic E-state index is 0.256. The molecule has 1 N–H and O–H groups in total. The van der Waals surface area contributed by atoms with E-state index in [1.54, 1.807) is 26.0 Å². The van der Waals surface area contributed by atoms with Crippen LogP contribution in [-0.2, 0) is 6.54 Å². The molecule has 1 aromatic carbocycles. The first-order chi connectivity index (χ1) is 7.28. The third kappa shape index (κ3) is 4.60. The Kier molecular flexibility index (Phi) is 4.47. The molecule has 0 spiro atoms. The topological polar surface area (TPSA) is 23.5 Å². The van der Waals surface area contributed by atoms with Gasteiger partial charge in [-0.05, 0) is 54.5 Å². The van der Waals surface area contributed by atoms with Crippen LogP contribution in [0.15, 0.2) is 22.7 Å². The third-order valence-corrected chi connectivity index (χ3v) is 2.70. The molecule has 0 unspecified atom stereocenters. The molecule has 0 bridgehead atoms. The van der Waals surface area contributed by atoms with Crippen molar-refractivity contribution in [3.05, 3.63) is 34.1 Å². The number of likely N-dealkylation sites (N-methyl/N-ethyl adjacent to an activating group) is 1. The maximum atomic E-state index is 13.0. The fourth-order valence-electron chi connectivity index (χ4n) is 1.67. The van der Waals surface area contributed by atoms with Crippen LogP contribution in [-0.4, -0.2) is 29.2 Å². The lowest BCUT2D eigenvalue weighted by molar-refractivity contribution is 0.0425. The summed E-state index contributed by atoms with van der Waals surface area (Å²) < 4.78 is 13.5. The monoisotopic (exact) mass is 289 g/mol. The van der Waals surface area contributed by atoms with Crippen molar-refractivity contribution in [2.24, 2.45) is 0 Å². The van der Waals surface area contributed by atoms with Gasteiger partial charge in [0, 0.05) is 13.1 Å². The predicted octanol–water partition coefficient (Wildman–Crippen LogP) is 2.79. The van der Waals surface area contributed by atoms with E-state index in [9.17, 15) is 9.50 Å². The molecule has 0 radical (unpaired) electrons. The first-order valence-corrected chi connectivity index (χ1v) is 5.92. The number of halogens is 2. The molecule has 2 nitrogen and oxygen atoms in total. The van der Waals surface area contributed by atoms with Crippen LogP contribution in [0.4, 0.5) is 4.39 Å². The Hall–Kier alpha value is -0.450. The van der Waals surface area contributed by atoms with E-state index in [1.807, 2.05) is 11.9 Å². The molecule has 0 aliphatic rings. The Morgan fingerprint density at radius 3 is 2.56 bits per heavy atom. The van der Waals surface area contributed by atoms with E-state index < -0.39 is 5.60 Å². The molecular weight excluding hydrogens is 273 g/mol. The summed E-state index contributed by atoms with van der Waals surface area (Å²) in [6.07, 6.45) is 0. The second-order valence-corrected chi connectivity index (χ2v) is 5.59. The summed E-state index contributed by atoms with van der Waals surface area (Å²) in [5.41, 5.74) is 0.298. The van der Waals surface area contributed by atoms with Gasteiger partial charge in [-0.15, -0.1) is 0 Å². The van der Waals surface area contributed by atoms with Gasteiger partial charge >= 0.3 is 0 Å². The van der Waals surface area contributed by atoms with E-state index in [2.05, 4.69) is 15.9 Å². The minimum Gasteiger partial charge on any atom is -0.389 e. The highest BCUT2D eigenvalue weighted by atomic mass is 79.9. The zero-order valence-electron chi connectivity index (χ0n) is 9.80. The predicted molar refractivity (Wildman–Crippen MR) is 66.7 cm³/mol. The van der Waals surface area contributed by atoms with Gasteiger partial charge in [0.1, 0.15) is 5.82 Å². The third-order valence-electron chi connectivity index (χ3n) is 2.09. The molecule has 4 heteroatoms. The molecule has 1 aromatic rings. The molecule has 0 aliphatic heterocycles. The van der Waals surface area contributed by atoms with Crippen LogP contribution in [0.3, 0.4) is 0 Å². The zero-order chi connectivity index (χ0) is 12.3. The zero-order valence-corrected chi connectivity index (χ0v) is 11.4. The number of benzene rings is 1. The second kappa shape index (κ2) is 5.25. The molecule has 0 amide bonds. The molecule has 0 saturated heterocycles. The maximum Gasteiger partial charge on any atom is 0.137 e. The van der Waals surface area contributed by atoms with Gasteiger partial charge in [0.05, 0.1) is 10.1 Å². The van der Waals surface area contributed by atoms with Crippen LogP contribution < -0.4 is 0 Å². The van der Waals surface area contributed by atoms with Crippen molar-refractivity contribution in [2.45, 2.75) is 26.0 Å². The van der Waals surface area contributed by atoms with Crippen LogP contribution in [0, 0.1) is 5.82 Å². The van der Waals surface area contributed by atoms with Crippen molar-refractivity contribution in [3.8, 4) is 0 Å². The molecule has 0 aromatic heterocycles. The largest absolute Gasteiger partial charge is 0.389 e. The molecule has 0 saturated carbocycles. The van der Waals surface area contributed by atoms with Crippen molar-refractivity contribution >= 4 is 15.9 Å². The molecule has 0 heterocycles. The Morgan fingerprint density at radius 2 is 2.06 bits per heavy atom. The summed E-state index contributed by atoms with van der Waals surface area (Å²) in [6, 6.07) is 4.95. The van der Waals surface area contributed by atoms with E-state index in [1.165, 1.54) is 6.07 Å². The molecule has 16 heavy (non-hydrogen) atoms. The van der Waals surface area contributed by atoms with Crippen molar-refractivity contribution in [2.75, 3.05) is 13.6 Å². The van der Waals surface area contributed by atoms with Gasteiger partial charge in [0.2, 0.25) is 0 Å². The highest BCUT2D eigenvalue weighted by Gasteiger charge is 2.15. The van der Waals surface area contributed by atoms with Crippen molar-refractivity contribution in [1.82, 2.24) is 4.90 Å². The van der Waals surface area contributed by atoms with Gasteiger partial charge in [-0.3, -0.25) is 4.90 Å². The van der Waals surface area contributed by atoms with Crippen LogP contribution in [0.25, 0.3) is 0 Å². The Bertz CT molecular complexity index is 363. The van der Waals surface area contributed by atoms with Crippen molar-refractivity contribution in [1.29, 1.82) is 0 Å². The molecule has 0 atom stereocenters. The lowest BCUT2D eigenvalue weighted by Crippen LogP contribution is -2.35. The van der Waals surface area contributed by atoms with Crippen LogP contribution in [0.1, 0.15) is 19.4 Å². The summed E-state index contributed by atoms with van der Waals surface area (Å²) >= 11 is 3.15. The van der Waals surface area contributed by atoms with Crippen LogP contribution >= 0.6 is 15.9 Å². The number of hydrogen-bond donors (Lipinski definition) is 1. The van der Waals surface area contributed by atoms with Gasteiger partial charge < -0.3 is 5.11 Å². The Balaban J connectivity index is 2.63. The fourth-order valence-corrected chi connectivity index (χ4v) is 2.09. The quantitative estimate of drug-likeness (QED) is 0.921. The lowest BCUT2D eigenvalue weighted by Gasteiger charge is -2.25. The van der Waals surface area contributed by atoms with Crippen LogP contribution in [0.2, 0.25) is 0 Å². The summed E-state index contributed by atoms with van der Waals surface area (Å²) in [4.78, 5) is 2.00. The SMILES string of the molecule is CN(Cc1ccc(F)c(Br)c1)CC(C)(C)O. The standard InChI is InChI=1S/C12H17BrFNO/c1-12(2,16)8-15(3)7-9-4-5-11(14)10(13)6-9/h4-6,16H,7-8H2,1-3H3. The average molecular weight is 290 g/mol. The highest BCUT2D eigenvalue weighted by Crippen LogP contribution is 2.18. The summed E-state index contributed by atoms with van der Waals surface area (Å²) in [5, 5.41) is 9.65. The number of nitrogens with zero attached hydrogens (tertiary/aromatic N) is 1. The minimum atomic E-state index is -0.716. The van der Waals surface area contributed by atoms with Crippen molar-refractivity contribution < 1.29 is 9.50 Å². The summed E-state index contributed by atoms with van der Waals surface area (Å²) in [5.74, 6) is -0.256. The van der Waals surface area contributed by atoms with Gasteiger partial charge in [0.25, 0.3) is 0 Å². The van der Waals surface area contributed by atoms with Gasteiger partial charge in [-0.1, -0.05) is 6.07 Å². The number of aliphatic hydroxyl groups is 1. The highest BCUT2D eigenvalue weighted by molar-refractivity contribution is 9.10. The molecule has 90 valence electrons. The first kappa shape index (κ1) is 13.6. The maximum absolute atomic E-state index is 13.0. The molecule has 0 aliphatic carbocycles. The first-order valence-electron chi connectivity index (χ1n) is 5.13. The fraction of sp³-hybridized carbons (Fsp3) is 0.500. The van der Waals surface area contributed by atoms with E-state index in [0.717, 1.165) is 5.56 Å². The van der Waals surface area contributed by atoms with E-state index in [-0.39, 0.29) is 5.82 Å².